The van der Waals surface area contributed by atoms with Gasteiger partial charge in [-0.25, -0.2) is 4.79 Å². The van der Waals surface area contributed by atoms with Gasteiger partial charge in [0.1, 0.15) is 5.76 Å². The Morgan fingerprint density at radius 2 is 1.94 bits per heavy atom. The lowest BCUT2D eigenvalue weighted by Gasteiger charge is -2.12. The van der Waals surface area contributed by atoms with Crippen molar-refractivity contribution in [3.63, 3.8) is 0 Å². The van der Waals surface area contributed by atoms with Crippen LogP contribution in [0, 0.1) is 0 Å². The van der Waals surface area contributed by atoms with Crippen LogP contribution < -0.4 is 0 Å². The van der Waals surface area contributed by atoms with Crippen LogP contribution >= 0.6 is 0 Å². The van der Waals surface area contributed by atoms with E-state index in [0.717, 1.165) is 5.56 Å². The van der Waals surface area contributed by atoms with Gasteiger partial charge in [-0.2, -0.15) is 0 Å². The van der Waals surface area contributed by atoms with Crippen LogP contribution in [0.1, 0.15) is 18.1 Å². The number of carbonyl (C=O) groups excluding carboxylic acids is 1. The first kappa shape index (κ1) is 13.3. The second kappa shape index (κ2) is 6.70. The Labute approximate surface area is 100 Å². The topological polar surface area (TPSA) is 55.8 Å². The minimum Gasteiger partial charge on any atom is -0.501 e. The molecule has 4 heteroatoms. The molecular weight excluding hydrogens is 220 g/mol. The Balaban J connectivity index is 2.69. The van der Waals surface area contributed by atoms with Crippen molar-refractivity contribution in [2.24, 2.45) is 0 Å². The molecule has 0 fully saturated rings. The molecule has 0 bridgehead atoms. The van der Waals surface area contributed by atoms with Crippen LogP contribution in [-0.4, -0.2) is 25.3 Å². The molecule has 0 aromatic heterocycles. The number of ether oxygens (including phenoxy) is 2. The van der Waals surface area contributed by atoms with Gasteiger partial charge in [-0.05, 0) is 5.56 Å². The van der Waals surface area contributed by atoms with Crippen molar-refractivity contribution >= 4 is 5.97 Å². The van der Waals surface area contributed by atoms with Crippen LogP contribution in [0.15, 0.2) is 42.2 Å². The van der Waals surface area contributed by atoms with Crippen LogP contribution in [0.4, 0.5) is 0 Å². The van der Waals surface area contributed by atoms with Gasteiger partial charge in [-0.3, -0.25) is 0 Å². The van der Waals surface area contributed by atoms with Crippen molar-refractivity contribution < 1.29 is 19.4 Å². The van der Waals surface area contributed by atoms with Crippen molar-refractivity contribution in [1.29, 1.82) is 0 Å². The minimum absolute atomic E-state index is 0.232. The number of aliphatic hydroxyl groups is 1. The maximum absolute atomic E-state index is 11.0. The molecule has 1 rings (SSSR count). The van der Waals surface area contributed by atoms with E-state index in [9.17, 15) is 9.90 Å². The van der Waals surface area contributed by atoms with E-state index in [0.29, 0.717) is 5.76 Å². The van der Waals surface area contributed by atoms with Gasteiger partial charge >= 0.3 is 5.97 Å². The highest BCUT2D eigenvalue weighted by molar-refractivity contribution is 5.82. The molecule has 0 spiro atoms. The van der Waals surface area contributed by atoms with Crippen molar-refractivity contribution in [3.8, 4) is 0 Å². The molecule has 0 heterocycles. The Morgan fingerprint density at radius 3 is 2.47 bits per heavy atom. The van der Waals surface area contributed by atoms with Gasteiger partial charge < -0.3 is 14.6 Å². The van der Waals surface area contributed by atoms with E-state index in [-0.39, 0.29) is 6.42 Å². The van der Waals surface area contributed by atoms with E-state index in [4.69, 9.17) is 4.74 Å². The first-order chi connectivity index (χ1) is 8.17. The molecule has 17 heavy (non-hydrogen) atoms. The Hall–Kier alpha value is -1.81. The first-order valence-electron chi connectivity index (χ1n) is 5.23. The Bertz CT molecular complexity index is 384. The van der Waals surface area contributed by atoms with Crippen LogP contribution in [0.3, 0.4) is 0 Å². The number of benzene rings is 1. The van der Waals surface area contributed by atoms with Crippen LogP contribution in [0.2, 0.25) is 0 Å². The molecule has 0 saturated heterocycles. The molecule has 92 valence electrons. The van der Waals surface area contributed by atoms with Crippen molar-refractivity contribution in [2.45, 2.75) is 12.5 Å². The molecule has 0 saturated carbocycles. The summed E-state index contributed by atoms with van der Waals surface area (Å²) >= 11 is 0. The summed E-state index contributed by atoms with van der Waals surface area (Å²) in [6, 6.07) is 9.19. The number of aliphatic hydroxyl groups excluding tert-OH is 1. The van der Waals surface area contributed by atoms with Crippen LogP contribution in [0.25, 0.3) is 0 Å². The molecule has 1 atom stereocenters. The van der Waals surface area contributed by atoms with Gasteiger partial charge in [-0.15, -0.1) is 0 Å². The second-order valence-corrected chi connectivity index (χ2v) is 3.47. The molecule has 0 aliphatic carbocycles. The van der Waals surface area contributed by atoms with Crippen molar-refractivity contribution in [1.82, 2.24) is 0 Å². The summed E-state index contributed by atoms with van der Waals surface area (Å²) in [5, 5.41) is 9.93. The number of rotatable bonds is 5. The lowest BCUT2D eigenvalue weighted by Crippen LogP contribution is -2.04. The summed E-state index contributed by atoms with van der Waals surface area (Å²) in [4.78, 5) is 11.0. The molecule has 1 N–H and O–H groups in total. The summed E-state index contributed by atoms with van der Waals surface area (Å²) in [6.07, 6.45) is 0.758. The fourth-order valence-electron chi connectivity index (χ4n) is 1.38. The van der Waals surface area contributed by atoms with Gasteiger partial charge in [0.2, 0.25) is 0 Å². The van der Waals surface area contributed by atoms with E-state index < -0.39 is 12.1 Å². The fraction of sp³-hybridized carbons (Fsp3) is 0.308. The summed E-state index contributed by atoms with van der Waals surface area (Å²) in [5.74, 6) is -0.115. The van der Waals surface area contributed by atoms with Gasteiger partial charge in [0, 0.05) is 6.42 Å². The molecule has 4 nitrogen and oxygen atoms in total. The lowest BCUT2D eigenvalue weighted by molar-refractivity contribution is -0.135. The van der Waals surface area contributed by atoms with Gasteiger partial charge in [0.15, 0.2) is 0 Å². The number of hydrogen-bond donors (Lipinski definition) is 1. The molecular formula is C13H16O4. The fourth-order valence-corrected chi connectivity index (χ4v) is 1.38. The van der Waals surface area contributed by atoms with Crippen LogP contribution in [-0.2, 0) is 14.3 Å². The third kappa shape index (κ3) is 4.28. The predicted molar refractivity (Wildman–Crippen MR) is 63.1 cm³/mol. The average molecular weight is 236 g/mol. The monoisotopic (exact) mass is 236 g/mol. The maximum atomic E-state index is 11.0. The van der Waals surface area contributed by atoms with Crippen molar-refractivity contribution in [3.05, 3.63) is 47.7 Å². The number of esters is 1. The first-order valence-corrected chi connectivity index (χ1v) is 5.23. The highest BCUT2D eigenvalue weighted by Gasteiger charge is 2.11. The Morgan fingerprint density at radius 1 is 1.29 bits per heavy atom. The minimum atomic E-state index is -0.702. The van der Waals surface area contributed by atoms with Gasteiger partial charge in [-0.1, -0.05) is 30.3 Å². The van der Waals surface area contributed by atoms with E-state index in [1.807, 2.05) is 30.3 Å². The van der Waals surface area contributed by atoms with Crippen molar-refractivity contribution in [2.75, 3.05) is 14.2 Å². The third-order valence-electron chi connectivity index (χ3n) is 2.32. The number of carbonyl (C=O) groups is 1. The highest BCUT2D eigenvalue weighted by atomic mass is 16.5. The van der Waals surface area contributed by atoms with E-state index in [1.165, 1.54) is 20.3 Å². The van der Waals surface area contributed by atoms with Gasteiger partial charge in [0.25, 0.3) is 0 Å². The SMILES string of the molecule is COC(=O)/C=C(\CC(O)c1ccccc1)OC. The zero-order valence-corrected chi connectivity index (χ0v) is 9.92. The molecule has 1 aromatic carbocycles. The maximum Gasteiger partial charge on any atom is 0.333 e. The second-order valence-electron chi connectivity index (χ2n) is 3.47. The Kier molecular flexibility index (Phi) is 5.23. The molecule has 1 aromatic rings. The molecule has 1 unspecified atom stereocenters. The van der Waals surface area contributed by atoms with E-state index >= 15 is 0 Å². The summed E-state index contributed by atoms with van der Waals surface area (Å²) in [7, 11) is 2.74. The standard InChI is InChI=1S/C13H16O4/c1-16-11(9-13(15)17-2)8-12(14)10-6-4-3-5-7-10/h3-7,9,12,14H,8H2,1-2H3/b11-9+. The molecule has 0 aliphatic heterocycles. The molecule has 0 aliphatic rings. The lowest BCUT2D eigenvalue weighted by atomic mass is 10.1. The normalized spacial score (nSPS) is 13.0. The summed E-state index contributed by atoms with van der Waals surface area (Å²) < 4.78 is 9.51. The summed E-state index contributed by atoms with van der Waals surface area (Å²) in [5.41, 5.74) is 0.778. The zero-order valence-electron chi connectivity index (χ0n) is 9.92. The number of hydrogen-bond acceptors (Lipinski definition) is 4. The zero-order chi connectivity index (χ0) is 12.7. The molecule has 0 amide bonds. The predicted octanol–water partition coefficient (Wildman–Crippen LogP) is 1.81. The average Bonchev–Trinajstić information content (AvgIpc) is 2.38. The largest absolute Gasteiger partial charge is 0.501 e. The quantitative estimate of drug-likeness (QED) is 0.481. The third-order valence-corrected chi connectivity index (χ3v) is 2.32. The van der Waals surface area contributed by atoms with Gasteiger partial charge in [0.05, 0.1) is 26.4 Å². The van der Waals surface area contributed by atoms with Crippen LogP contribution in [0.5, 0.6) is 0 Å². The smallest absolute Gasteiger partial charge is 0.333 e. The summed E-state index contributed by atoms with van der Waals surface area (Å²) in [6.45, 7) is 0. The highest BCUT2D eigenvalue weighted by Crippen LogP contribution is 2.20. The van der Waals surface area contributed by atoms with E-state index in [2.05, 4.69) is 4.74 Å². The number of methoxy groups -OCH3 is 2. The van der Waals surface area contributed by atoms with E-state index in [1.54, 1.807) is 0 Å². The molecule has 0 radical (unpaired) electrons.